The Kier molecular flexibility index (Phi) is 7.75. The summed E-state index contributed by atoms with van der Waals surface area (Å²) in [6.45, 7) is 10.7. The van der Waals surface area contributed by atoms with E-state index in [1.807, 2.05) is 34.6 Å². The fourth-order valence-corrected chi connectivity index (χ4v) is 2.29. The maximum absolute atomic E-state index is 11.9. The van der Waals surface area contributed by atoms with Crippen molar-refractivity contribution < 1.29 is 24.2 Å². The average Bonchev–Trinajstić information content (AvgIpc) is 2.80. The van der Waals surface area contributed by atoms with Crippen molar-refractivity contribution in [1.29, 1.82) is 0 Å². The molecule has 0 spiro atoms. The van der Waals surface area contributed by atoms with Crippen LogP contribution < -0.4 is 16.0 Å². The van der Waals surface area contributed by atoms with Crippen LogP contribution in [0, 0.1) is 5.92 Å². The molecule has 1 aliphatic rings. The number of amides is 2. The summed E-state index contributed by atoms with van der Waals surface area (Å²) in [7, 11) is 0. The summed E-state index contributed by atoms with van der Waals surface area (Å²) in [6, 6.07) is 0. The molecule has 1 rings (SSSR count). The summed E-state index contributed by atoms with van der Waals surface area (Å²) in [5.74, 6) is 0.270. The van der Waals surface area contributed by atoms with Crippen LogP contribution in [-0.2, 0) is 9.47 Å². The van der Waals surface area contributed by atoms with Gasteiger partial charge in [-0.1, -0.05) is 13.8 Å². The summed E-state index contributed by atoms with van der Waals surface area (Å²) in [5.41, 5.74) is -0.401. The number of aliphatic hydroxyl groups excluding tert-OH is 1. The lowest BCUT2D eigenvalue weighted by Crippen LogP contribution is -2.47. The van der Waals surface area contributed by atoms with Crippen LogP contribution >= 0.6 is 0 Å². The number of hydrogen-bond donors (Lipinski definition) is 4. The Morgan fingerprint density at radius 3 is 2.62 bits per heavy atom. The van der Waals surface area contributed by atoms with Crippen molar-refractivity contribution in [1.82, 2.24) is 16.0 Å². The van der Waals surface area contributed by atoms with Gasteiger partial charge in [0.05, 0.1) is 6.54 Å². The lowest BCUT2D eigenvalue weighted by atomic mass is 10.0. The number of carbonyl (C=O) groups is 2. The van der Waals surface area contributed by atoms with Gasteiger partial charge in [0.1, 0.15) is 18.3 Å². The van der Waals surface area contributed by atoms with Gasteiger partial charge in [-0.3, -0.25) is 0 Å². The molecule has 8 nitrogen and oxygen atoms in total. The van der Waals surface area contributed by atoms with E-state index in [0.717, 1.165) is 0 Å². The number of alkyl carbamates (subject to hydrolysis) is 2. The molecule has 140 valence electrons. The van der Waals surface area contributed by atoms with Gasteiger partial charge < -0.3 is 30.5 Å². The van der Waals surface area contributed by atoms with Gasteiger partial charge in [0.25, 0.3) is 0 Å². The van der Waals surface area contributed by atoms with Gasteiger partial charge in [0, 0.05) is 18.6 Å². The number of nitrogens with one attached hydrogen (secondary N) is 3. The Morgan fingerprint density at radius 2 is 2.12 bits per heavy atom. The topological polar surface area (TPSA) is 109 Å². The average molecular weight is 345 g/mol. The van der Waals surface area contributed by atoms with Crippen molar-refractivity contribution in [2.75, 3.05) is 19.6 Å². The van der Waals surface area contributed by atoms with Crippen LogP contribution in [0.1, 0.15) is 41.0 Å². The molecule has 2 amide bonds. The van der Waals surface area contributed by atoms with Crippen LogP contribution in [0.3, 0.4) is 0 Å². The first-order chi connectivity index (χ1) is 11.1. The fraction of sp³-hybridized carbons (Fsp3) is 0.875. The van der Waals surface area contributed by atoms with Gasteiger partial charge in [0.2, 0.25) is 0 Å². The van der Waals surface area contributed by atoms with E-state index in [0.29, 0.717) is 19.5 Å². The summed E-state index contributed by atoms with van der Waals surface area (Å²) in [6.07, 6.45) is -2.12. The van der Waals surface area contributed by atoms with Crippen LogP contribution in [0.25, 0.3) is 0 Å². The molecule has 0 aromatic heterocycles. The molecule has 4 N–H and O–H groups in total. The van der Waals surface area contributed by atoms with Gasteiger partial charge in [-0.2, -0.15) is 0 Å². The van der Waals surface area contributed by atoms with Gasteiger partial charge in [-0.05, 0) is 33.1 Å². The lowest BCUT2D eigenvalue weighted by molar-refractivity contribution is -0.00959. The van der Waals surface area contributed by atoms with E-state index in [4.69, 9.17) is 9.47 Å². The third kappa shape index (κ3) is 8.35. The zero-order chi connectivity index (χ0) is 18.3. The molecule has 8 heteroatoms. The maximum atomic E-state index is 11.9. The first-order valence-electron chi connectivity index (χ1n) is 8.39. The van der Waals surface area contributed by atoms with Crippen molar-refractivity contribution in [2.45, 2.75) is 64.9 Å². The summed E-state index contributed by atoms with van der Waals surface area (Å²) in [5, 5.41) is 18.7. The van der Waals surface area contributed by atoms with Gasteiger partial charge in [-0.15, -0.1) is 0 Å². The second-order valence-corrected chi connectivity index (χ2v) is 7.58. The van der Waals surface area contributed by atoms with Crippen LogP contribution in [0.2, 0.25) is 0 Å². The van der Waals surface area contributed by atoms with Crippen LogP contribution in [0.4, 0.5) is 9.59 Å². The monoisotopic (exact) mass is 345 g/mol. The predicted octanol–water partition coefficient (Wildman–Crippen LogP) is 0.985. The highest BCUT2D eigenvalue weighted by molar-refractivity contribution is 5.69. The van der Waals surface area contributed by atoms with E-state index >= 15 is 0 Å². The minimum atomic E-state index is -0.844. The Labute approximate surface area is 143 Å². The molecule has 1 heterocycles. The fourth-order valence-electron chi connectivity index (χ4n) is 2.29. The SMILES string of the molecule is CC(C)C[C@H](OC(=O)NC(C)(C)C)[C@H](O)CNC[C@@H]1CNC(=O)O1. The molecule has 0 radical (unpaired) electrons. The molecule has 0 unspecified atom stereocenters. The van der Waals surface area contributed by atoms with Gasteiger partial charge >= 0.3 is 12.2 Å². The Hall–Kier alpha value is -1.54. The number of rotatable bonds is 8. The molecular weight excluding hydrogens is 314 g/mol. The minimum Gasteiger partial charge on any atom is -0.443 e. The smallest absolute Gasteiger partial charge is 0.407 e. The van der Waals surface area contributed by atoms with Crippen LogP contribution in [0.5, 0.6) is 0 Å². The van der Waals surface area contributed by atoms with E-state index in [9.17, 15) is 14.7 Å². The third-order valence-electron chi connectivity index (χ3n) is 3.34. The standard InChI is InChI=1S/C16H31N3O5/c1-10(2)6-13(24-15(22)19-16(3,4)5)12(20)9-17-7-11-8-18-14(21)23-11/h10-13,17,20H,6-9H2,1-5H3,(H,18,21)(H,19,22)/t11-,12-,13+/m1/s1. The van der Waals surface area contributed by atoms with Gasteiger partial charge in [-0.25, -0.2) is 9.59 Å². The first kappa shape index (κ1) is 20.5. The van der Waals surface area contributed by atoms with Crippen molar-refractivity contribution in [3.63, 3.8) is 0 Å². The van der Waals surface area contributed by atoms with E-state index in [-0.39, 0.29) is 18.6 Å². The van der Waals surface area contributed by atoms with Gasteiger partial charge in [0.15, 0.2) is 0 Å². The minimum absolute atomic E-state index is 0.244. The molecule has 0 saturated carbocycles. The van der Waals surface area contributed by atoms with Crippen molar-refractivity contribution >= 4 is 12.2 Å². The molecule has 24 heavy (non-hydrogen) atoms. The largest absolute Gasteiger partial charge is 0.443 e. The highest BCUT2D eigenvalue weighted by Crippen LogP contribution is 2.13. The zero-order valence-electron chi connectivity index (χ0n) is 15.2. The highest BCUT2D eigenvalue weighted by atomic mass is 16.6. The molecule has 0 aliphatic carbocycles. The maximum Gasteiger partial charge on any atom is 0.407 e. The van der Waals surface area contributed by atoms with E-state index in [2.05, 4.69) is 16.0 Å². The second kappa shape index (κ2) is 9.08. The van der Waals surface area contributed by atoms with Crippen molar-refractivity contribution in [3.05, 3.63) is 0 Å². The second-order valence-electron chi connectivity index (χ2n) is 7.58. The summed E-state index contributed by atoms with van der Waals surface area (Å²) >= 11 is 0. The normalized spacial score (nSPS) is 20.3. The summed E-state index contributed by atoms with van der Waals surface area (Å²) in [4.78, 5) is 22.9. The lowest BCUT2D eigenvalue weighted by Gasteiger charge is -2.27. The molecule has 1 fully saturated rings. The zero-order valence-corrected chi connectivity index (χ0v) is 15.2. The van der Waals surface area contributed by atoms with Crippen molar-refractivity contribution in [2.24, 2.45) is 5.92 Å². The van der Waals surface area contributed by atoms with Crippen LogP contribution in [0.15, 0.2) is 0 Å². The molecule has 1 aliphatic heterocycles. The molecule has 3 atom stereocenters. The van der Waals surface area contributed by atoms with Crippen LogP contribution in [-0.4, -0.2) is 60.8 Å². The number of cyclic esters (lactones) is 1. The molecule has 0 bridgehead atoms. The number of ether oxygens (including phenoxy) is 2. The van der Waals surface area contributed by atoms with E-state index < -0.39 is 29.9 Å². The molecule has 0 aromatic rings. The third-order valence-corrected chi connectivity index (χ3v) is 3.34. The quantitative estimate of drug-likeness (QED) is 0.522. The molecule has 1 saturated heterocycles. The number of aliphatic hydroxyl groups is 1. The number of carbonyl (C=O) groups excluding carboxylic acids is 2. The van der Waals surface area contributed by atoms with E-state index in [1.54, 1.807) is 0 Å². The summed E-state index contributed by atoms with van der Waals surface area (Å²) < 4.78 is 10.4. The van der Waals surface area contributed by atoms with Crippen molar-refractivity contribution in [3.8, 4) is 0 Å². The Bertz CT molecular complexity index is 422. The molecule has 0 aromatic carbocycles. The number of hydrogen-bond acceptors (Lipinski definition) is 6. The first-order valence-corrected chi connectivity index (χ1v) is 8.39. The Balaban J connectivity index is 2.44. The molecular formula is C16H31N3O5. The Morgan fingerprint density at radius 1 is 1.46 bits per heavy atom. The van der Waals surface area contributed by atoms with E-state index in [1.165, 1.54) is 0 Å². The predicted molar refractivity (Wildman–Crippen MR) is 89.8 cm³/mol. The highest BCUT2D eigenvalue weighted by Gasteiger charge is 2.27.